The zero-order chi connectivity index (χ0) is 10.3. The van der Waals surface area contributed by atoms with Crippen molar-refractivity contribution in [2.45, 2.75) is 30.8 Å². The van der Waals surface area contributed by atoms with Crippen molar-refractivity contribution >= 4 is 11.8 Å². The molecule has 0 aromatic rings. The third-order valence-electron chi connectivity index (χ3n) is 3.46. The lowest BCUT2D eigenvalue weighted by atomic mass is 9.88. The number of hydrogen-bond donors (Lipinski definition) is 2. The maximum absolute atomic E-state index is 11.6. The van der Waals surface area contributed by atoms with Gasteiger partial charge in [-0.25, -0.2) is 0 Å². The highest BCUT2D eigenvalue weighted by Crippen LogP contribution is 2.36. The number of hydrogen-bond acceptors (Lipinski definition) is 3. The number of nitrogens with one attached hydrogen (secondary N) is 1. The Morgan fingerprint density at radius 1 is 1.71 bits per heavy atom. The molecule has 0 aliphatic carbocycles. The van der Waals surface area contributed by atoms with Crippen LogP contribution >= 0.6 is 0 Å². The van der Waals surface area contributed by atoms with Gasteiger partial charge in [0.15, 0.2) is 0 Å². The van der Waals surface area contributed by atoms with E-state index in [2.05, 4.69) is 5.32 Å². The van der Waals surface area contributed by atoms with Crippen molar-refractivity contribution in [3.63, 3.8) is 0 Å². The van der Waals surface area contributed by atoms with Crippen molar-refractivity contribution in [3.05, 3.63) is 0 Å². The second-order valence-corrected chi connectivity index (χ2v) is 4.01. The molecule has 2 fully saturated rings. The highest BCUT2D eigenvalue weighted by atomic mass is 16.2. The van der Waals surface area contributed by atoms with Gasteiger partial charge in [0.05, 0.1) is 12.5 Å². The van der Waals surface area contributed by atoms with Gasteiger partial charge in [0.25, 0.3) is 0 Å². The Morgan fingerprint density at radius 2 is 2.43 bits per heavy atom. The molecule has 0 saturated carbocycles. The molecule has 0 bridgehead atoms. The SMILES string of the molecule is CNC1(C(N)=O)CC(=O)N2CCCC21. The van der Waals surface area contributed by atoms with Gasteiger partial charge in [-0.1, -0.05) is 0 Å². The van der Waals surface area contributed by atoms with Crippen molar-refractivity contribution < 1.29 is 9.59 Å². The summed E-state index contributed by atoms with van der Waals surface area (Å²) in [6.07, 6.45) is 2.05. The van der Waals surface area contributed by atoms with Crippen molar-refractivity contribution in [1.82, 2.24) is 10.2 Å². The molecule has 2 unspecified atom stereocenters. The zero-order valence-corrected chi connectivity index (χ0v) is 8.25. The van der Waals surface area contributed by atoms with Gasteiger partial charge in [-0.3, -0.25) is 9.59 Å². The van der Waals surface area contributed by atoms with Gasteiger partial charge >= 0.3 is 0 Å². The van der Waals surface area contributed by atoms with Gasteiger partial charge in [-0.05, 0) is 19.9 Å². The highest BCUT2D eigenvalue weighted by Gasteiger charge is 2.56. The van der Waals surface area contributed by atoms with Crippen LogP contribution in [0.3, 0.4) is 0 Å². The van der Waals surface area contributed by atoms with E-state index in [1.165, 1.54) is 0 Å². The molecule has 2 saturated heterocycles. The number of nitrogens with two attached hydrogens (primary N) is 1. The summed E-state index contributed by atoms with van der Waals surface area (Å²) in [6.45, 7) is 0.764. The number of likely N-dealkylation sites (N-methyl/N-ethyl adjacent to an activating group) is 1. The molecular formula is C9H15N3O2. The van der Waals surface area contributed by atoms with Crippen LogP contribution in [0.5, 0.6) is 0 Å². The Kier molecular flexibility index (Phi) is 1.99. The lowest BCUT2D eigenvalue weighted by molar-refractivity contribution is -0.128. The Balaban J connectivity index is 2.36. The monoisotopic (exact) mass is 197 g/mol. The van der Waals surface area contributed by atoms with Gasteiger partial charge in [-0.15, -0.1) is 0 Å². The van der Waals surface area contributed by atoms with Crippen LogP contribution in [0.15, 0.2) is 0 Å². The molecule has 0 aromatic heterocycles. The van der Waals surface area contributed by atoms with Crippen LogP contribution in [0, 0.1) is 0 Å². The quantitative estimate of drug-likeness (QED) is 0.585. The molecule has 5 nitrogen and oxygen atoms in total. The fraction of sp³-hybridized carbons (Fsp3) is 0.778. The van der Waals surface area contributed by atoms with Crippen LogP contribution in [0.2, 0.25) is 0 Å². The van der Waals surface area contributed by atoms with Crippen molar-refractivity contribution in [1.29, 1.82) is 0 Å². The summed E-state index contributed by atoms with van der Waals surface area (Å²) in [4.78, 5) is 24.8. The number of carbonyl (C=O) groups is 2. The van der Waals surface area contributed by atoms with Crippen LogP contribution in [0.25, 0.3) is 0 Å². The number of nitrogens with zero attached hydrogens (tertiary/aromatic N) is 1. The van der Waals surface area contributed by atoms with E-state index in [0.717, 1.165) is 19.4 Å². The molecule has 14 heavy (non-hydrogen) atoms. The molecule has 2 amide bonds. The smallest absolute Gasteiger partial charge is 0.240 e. The first kappa shape index (κ1) is 9.45. The first-order valence-corrected chi connectivity index (χ1v) is 4.90. The summed E-state index contributed by atoms with van der Waals surface area (Å²) in [5, 5.41) is 2.94. The predicted octanol–water partition coefficient (Wildman–Crippen LogP) is -1.18. The fourth-order valence-electron chi connectivity index (χ4n) is 2.67. The van der Waals surface area contributed by atoms with Crippen molar-refractivity contribution in [2.24, 2.45) is 5.73 Å². The highest BCUT2D eigenvalue weighted by molar-refractivity contribution is 5.96. The maximum atomic E-state index is 11.6. The topological polar surface area (TPSA) is 75.4 Å². The molecule has 0 spiro atoms. The van der Waals surface area contributed by atoms with E-state index >= 15 is 0 Å². The molecule has 78 valence electrons. The third-order valence-corrected chi connectivity index (χ3v) is 3.46. The van der Waals surface area contributed by atoms with E-state index in [0.29, 0.717) is 0 Å². The predicted molar refractivity (Wildman–Crippen MR) is 50.3 cm³/mol. The second-order valence-electron chi connectivity index (χ2n) is 4.01. The van der Waals surface area contributed by atoms with Gasteiger partial charge < -0.3 is 16.0 Å². The van der Waals surface area contributed by atoms with Crippen LogP contribution in [-0.2, 0) is 9.59 Å². The van der Waals surface area contributed by atoms with E-state index in [4.69, 9.17) is 5.73 Å². The van der Waals surface area contributed by atoms with E-state index < -0.39 is 11.4 Å². The minimum absolute atomic E-state index is 0.0301. The van der Waals surface area contributed by atoms with Gasteiger partial charge in [0.2, 0.25) is 11.8 Å². The standard InChI is InChI=1S/C9H15N3O2/c1-11-9(8(10)14)5-7(13)12-4-2-3-6(9)12/h6,11H,2-5H2,1H3,(H2,10,14). The molecule has 5 heteroatoms. The first-order valence-electron chi connectivity index (χ1n) is 4.90. The Hall–Kier alpha value is -1.10. The largest absolute Gasteiger partial charge is 0.368 e. The van der Waals surface area contributed by atoms with Crippen molar-refractivity contribution in [2.75, 3.05) is 13.6 Å². The number of rotatable bonds is 2. The molecule has 0 aromatic carbocycles. The maximum Gasteiger partial charge on any atom is 0.240 e. The number of fused-ring (bicyclic) bond motifs is 1. The van der Waals surface area contributed by atoms with E-state index in [9.17, 15) is 9.59 Å². The summed E-state index contributed by atoms with van der Waals surface area (Å²) in [5.41, 5.74) is 4.56. The van der Waals surface area contributed by atoms with Crippen LogP contribution in [0.1, 0.15) is 19.3 Å². The number of carbonyl (C=O) groups excluding carboxylic acids is 2. The Labute approximate surface area is 82.6 Å². The molecule has 2 aliphatic heterocycles. The lowest BCUT2D eigenvalue weighted by Crippen LogP contribution is -2.60. The molecule has 2 aliphatic rings. The summed E-state index contributed by atoms with van der Waals surface area (Å²) in [5.74, 6) is -0.372. The normalized spacial score (nSPS) is 36.2. The Bertz CT molecular complexity index is 290. The Morgan fingerprint density at radius 3 is 3.00 bits per heavy atom. The van der Waals surface area contributed by atoms with E-state index in [1.54, 1.807) is 11.9 Å². The minimum Gasteiger partial charge on any atom is -0.368 e. The molecule has 2 atom stereocenters. The average molecular weight is 197 g/mol. The van der Waals surface area contributed by atoms with Gasteiger partial charge in [-0.2, -0.15) is 0 Å². The van der Waals surface area contributed by atoms with E-state index in [-0.39, 0.29) is 18.4 Å². The summed E-state index contributed by atoms with van der Waals surface area (Å²) >= 11 is 0. The average Bonchev–Trinajstić information content (AvgIpc) is 2.68. The van der Waals surface area contributed by atoms with Crippen LogP contribution < -0.4 is 11.1 Å². The summed E-state index contributed by atoms with van der Waals surface area (Å²) in [7, 11) is 1.69. The fourth-order valence-corrected chi connectivity index (χ4v) is 2.67. The van der Waals surface area contributed by atoms with Gasteiger partial charge in [0, 0.05) is 6.54 Å². The summed E-state index contributed by atoms with van der Waals surface area (Å²) in [6, 6.07) is -0.0301. The lowest BCUT2D eigenvalue weighted by Gasteiger charge is -2.30. The second kappa shape index (κ2) is 2.95. The molecule has 3 N–H and O–H groups in total. The van der Waals surface area contributed by atoms with E-state index in [1.807, 2.05) is 0 Å². The minimum atomic E-state index is -0.826. The first-order chi connectivity index (χ1) is 6.62. The third kappa shape index (κ3) is 0.987. The van der Waals surface area contributed by atoms with Crippen molar-refractivity contribution in [3.8, 4) is 0 Å². The molecular weight excluding hydrogens is 182 g/mol. The number of primary amides is 1. The molecule has 2 rings (SSSR count). The molecule has 2 heterocycles. The number of amides is 2. The zero-order valence-electron chi connectivity index (χ0n) is 8.25. The van der Waals surface area contributed by atoms with Gasteiger partial charge in [0.1, 0.15) is 5.54 Å². The van der Waals surface area contributed by atoms with Crippen LogP contribution in [0.4, 0.5) is 0 Å². The van der Waals surface area contributed by atoms with Crippen LogP contribution in [-0.4, -0.2) is 41.9 Å². The summed E-state index contributed by atoms with van der Waals surface area (Å²) < 4.78 is 0. The molecule has 0 radical (unpaired) electrons.